The number of aryl methyl sites for hydroxylation is 1. The van der Waals surface area contributed by atoms with Crippen LogP contribution in [0.2, 0.25) is 0 Å². The average molecular weight is 331 g/mol. The summed E-state index contributed by atoms with van der Waals surface area (Å²) in [5.74, 6) is 0.758. The van der Waals surface area contributed by atoms with E-state index in [1.54, 1.807) is 0 Å². The third-order valence-corrected chi connectivity index (χ3v) is 4.44. The molecule has 2 rings (SSSR count). The number of halogens is 1. The molecule has 0 amide bonds. The van der Waals surface area contributed by atoms with Crippen LogP contribution in [0.1, 0.15) is 36.5 Å². The van der Waals surface area contributed by atoms with E-state index in [1.165, 1.54) is 42.4 Å². The molecule has 0 radical (unpaired) electrons. The standard InChI is InChI=1S/C19H23Br/c1-16(14-17-9-3-2-4-10-17)8-7-13-18-11-5-6-12-19(18)15-20/h2-6,9-12,16H,7-8,13-15H2,1H3. The minimum Gasteiger partial charge on any atom is -0.0876 e. The van der Waals surface area contributed by atoms with Crippen LogP contribution in [0.5, 0.6) is 0 Å². The molecule has 106 valence electrons. The van der Waals surface area contributed by atoms with Gasteiger partial charge in [0.1, 0.15) is 0 Å². The van der Waals surface area contributed by atoms with E-state index in [-0.39, 0.29) is 0 Å². The fourth-order valence-corrected chi connectivity index (χ4v) is 3.24. The molecule has 0 aliphatic heterocycles. The molecule has 0 aliphatic rings. The maximum atomic E-state index is 3.57. The molecule has 1 heteroatoms. The number of hydrogen-bond acceptors (Lipinski definition) is 0. The van der Waals surface area contributed by atoms with E-state index in [4.69, 9.17) is 0 Å². The SMILES string of the molecule is CC(CCCc1ccccc1CBr)Cc1ccccc1. The summed E-state index contributed by atoms with van der Waals surface area (Å²) >= 11 is 3.57. The Balaban J connectivity index is 1.78. The van der Waals surface area contributed by atoms with Crippen LogP contribution in [0.15, 0.2) is 54.6 Å². The minimum atomic E-state index is 0.758. The van der Waals surface area contributed by atoms with Gasteiger partial charge in [-0.3, -0.25) is 0 Å². The Morgan fingerprint density at radius 2 is 1.55 bits per heavy atom. The molecule has 0 N–H and O–H groups in total. The van der Waals surface area contributed by atoms with Crippen molar-refractivity contribution in [3.63, 3.8) is 0 Å². The summed E-state index contributed by atoms with van der Waals surface area (Å²) in [5.41, 5.74) is 4.39. The highest BCUT2D eigenvalue weighted by Gasteiger charge is 2.05. The van der Waals surface area contributed by atoms with Crippen LogP contribution in [-0.2, 0) is 18.2 Å². The largest absolute Gasteiger partial charge is 0.0876 e. The maximum Gasteiger partial charge on any atom is 0.0285 e. The molecule has 2 aromatic carbocycles. The van der Waals surface area contributed by atoms with Gasteiger partial charge in [0.15, 0.2) is 0 Å². The Morgan fingerprint density at radius 3 is 2.25 bits per heavy atom. The first-order valence-corrected chi connectivity index (χ1v) is 8.58. The topological polar surface area (TPSA) is 0 Å². The second-order valence-electron chi connectivity index (χ2n) is 5.59. The van der Waals surface area contributed by atoms with E-state index in [9.17, 15) is 0 Å². The Morgan fingerprint density at radius 1 is 0.900 bits per heavy atom. The second-order valence-corrected chi connectivity index (χ2v) is 6.15. The predicted molar refractivity (Wildman–Crippen MR) is 91.3 cm³/mol. The van der Waals surface area contributed by atoms with Crippen molar-refractivity contribution in [1.29, 1.82) is 0 Å². The summed E-state index contributed by atoms with van der Waals surface area (Å²) in [5, 5.41) is 0.961. The van der Waals surface area contributed by atoms with Crippen molar-refractivity contribution in [3.8, 4) is 0 Å². The Kier molecular flexibility index (Phi) is 6.32. The van der Waals surface area contributed by atoms with Crippen molar-refractivity contribution in [1.82, 2.24) is 0 Å². The molecule has 2 aromatic rings. The lowest BCUT2D eigenvalue weighted by Crippen LogP contribution is -2.01. The molecule has 0 saturated heterocycles. The Hall–Kier alpha value is -1.08. The third kappa shape index (κ3) is 4.79. The lowest BCUT2D eigenvalue weighted by Gasteiger charge is -2.12. The highest BCUT2D eigenvalue weighted by Crippen LogP contribution is 2.18. The Labute approximate surface area is 131 Å². The van der Waals surface area contributed by atoms with Crippen LogP contribution in [0.4, 0.5) is 0 Å². The normalized spacial score (nSPS) is 12.3. The average Bonchev–Trinajstić information content (AvgIpc) is 2.49. The molecule has 1 unspecified atom stereocenters. The van der Waals surface area contributed by atoms with Crippen molar-refractivity contribution in [2.45, 2.75) is 37.9 Å². The van der Waals surface area contributed by atoms with Crippen LogP contribution < -0.4 is 0 Å². The van der Waals surface area contributed by atoms with Gasteiger partial charge in [-0.05, 0) is 41.9 Å². The molecule has 0 aromatic heterocycles. The summed E-state index contributed by atoms with van der Waals surface area (Å²) in [6.45, 7) is 2.36. The maximum absolute atomic E-state index is 3.57. The first kappa shape index (κ1) is 15.3. The van der Waals surface area contributed by atoms with Gasteiger partial charge in [-0.25, -0.2) is 0 Å². The quantitative estimate of drug-likeness (QED) is 0.564. The van der Waals surface area contributed by atoms with Gasteiger partial charge in [0, 0.05) is 5.33 Å². The van der Waals surface area contributed by atoms with E-state index in [0.29, 0.717) is 0 Å². The van der Waals surface area contributed by atoms with E-state index in [0.717, 1.165) is 11.2 Å². The lowest BCUT2D eigenvalue weighted by molar-refractivity contribution is 0.507. The van der Waals surface area contributed by atoms with Gasteiger partial charge in [-0.1, -0.05) is 83.9 Å². The number of rotatable bonds is 7. The molecule has 0 saturated carbocycles. The zero-order valence-electron chi connectivity index (χ0n) is 12.2. The fraction of sp³-hybridized carbons (Fsp3) is 0.368. The molecular formula is C19H23Br. The van der Waals surface area contributed by atoms with Crippen molar-refractivity contribution in [2.24, 2.45) is 5.92 Å². The van der Waals surface area contributed by atoms with Gasteiger partial charge < -0.3 is 0 Å². The summed E-state index contributed by atoms with van der Waals surface area (Å²) in [7, 11) is 0. The first-order valence-electron chi connectivity index (χ1n) is 7.46. The molecule has 0 aliphatic carbocycles. The van der Waals surface area contributed by atoms with Gasteiger partial charge in [0.25, 0.3) is 0 Å². The third-order valence-electron chi connectivity index (χ3n) is 3.83. The smallest absolute Gasteiger partial charge is 0.0285 e. The summed E-state index contributed by atoms with van der Waals surface area (Å²) in [4.78, 5) is 0. The first-order chi connectivity index (χ1) is 9.79. The summed E-state index contributed by atoms with van der Waals surface area (Å²) < 4.78 is 0. The molecular weight excluding hydrogens is 308 g/mol. The Bertz CT molecular complexity index is 504. The molecule has 0 heterocycles. The zero-order valence-corrected chi connectivity index (χ0v) is 13.8. The zero-order chi connectivity index (χ0) is 14.2. The van der Waals surface area contributed by atoms with Crippen molar-refractivity contribution >= 4 is 15.9 Å². The lowest BCUT2D eigenvalue weighted by atomic mass is 9.94. The highest BCUT2D eigenvalue weighted by atomic mass is 79.9. The summed E-state index contributed by atoms with van der Waals surface area (Å²) in [6.07, 6.45) is 4.96. The van der Waals surface area contributed by atoms with E-state index in [1.807, 2.05) is 0 Å². The number of benzene rings is 2. The van der Waals surface area contributed by atoms with E-state index < -0.39 is 0 Å². The summed E-state index contributed by atoms with van der Waals surface area (Å²) in [6, 6.07) is 19.6. The van der Waals surface area contributed by atoms with Crippen LogP contribution in [0.25, 0.3) is 0 Å². The van der Waals surface area contributed by atoms with Gasteiger partial charge in [0.2, 0.25) is 0 Å². The highest BCUT2D eigenvalue weighted by molar-refractivity contribution is 9.08. The monoisotopic (exact) mass is 330 g/mol. The predicted octanol–water partition coefficient (Wildman–Crippen LogP) is 5.78. The molecule has 0 bridgehead atoms. The van der Waals surface area contributed by atoms with Crippen LogP contribution >= 0.6 is 15.9 Å². The van der Waals surface area contributed by atoms with Crippen molar-refractivity contribution in [2.75, 3.05) is 0 Å². The van der Waals surface area contributed by atoms with Crippen molar-refractivity contribution in [3.05, 3.63) is 71.3 Å². The number of hydrogen-bond donors (Lipinski definition) is 0. The van der Waals surface area contributed by atoms with Crippen LogP contribution in [0.3, 0.4) is 0 Å². The van der Waals surface area contributed by atoms with Crippen LogP contribution in [-0.4, -0.2) is 0 Å². The molecule has 0 nitrogen and oxygen atoms in total. The van der Waals surface area contributed by atoms with Gasteiger partial charge >= 0.3 is 0 Å². The molecule has 0 fully saturated rings. The van der Waals surface area contributed by atoms with Gasteiger partial charge in [-0.15, -0.1) is 0 Å². The van der Waals surface area contributed by atoms with E-state index in [2.05, 4.69) is 77.5 Å². The number of alkyl halides is 1. The van der Waals surface area contributed by atoms with Crippen LogP contribution in [0, 0.1) is 5.92 Å². The fourth-order valence-electron chi connectivity index (χ4n) is 2.69. The molecule has 1 atom stereocenters. The van der Waals surface area contributed by atoms with Crippen molar-refractivity contribution < 1.29 is 0 Å². The second kappa shape index (κ2) is 8.26. The molecule has 0 spiro atoms. The van der Waals surface area contributed by atoms with Gasteiger partial charge in [0.05, 0.1) is 0 Å². The minimum absolute atomic E-state index is 0.758. The molecule has 20 heavy (non-hydrogen) atoms. The van der Waals surface area contributed by atoms with Gasteiger partial charge in [-0.2, -0.15) is 0 Å². The van der Waals surface area contributed by atoms with E-state index >= 15 is 0 Å².